The largest absolute Gasteiger partial charge is 0.0683 e. The van der Waals surface area contributed by atoms with E-state index in [1.807, 2.05) is 13.8 Å². The van der Waals surface area contributed by atoms with Crippen LogP contribution < -0.4 is 0 Å². The van der Waals surface area contributed by atoms with Gasteiger partial charge in [0.2, 0.25) is 0 Å². The van der Waals surface area contributed by atoms with Gasteiger partial charge in [-0.3, -0.25) is 0 Å². The van der Waals surface area contributed by atoms with E-state index < -0.39 is 0 Å². The lowest BCUT2D eigenvalue weighted by Crippen LogP contribution is -1.86. The zero-order valence-electron chi connectivity index (χ0n) is 12.3. The Morgan fingerprint density at radius 2 is 1.53 bits per heavy atom. The zero-order chi connectivity index (χ0) is 12.9. The van der Waals surface area contributed by atoms with E-state index in [9.17, 15) is 0 Å². The maximum absolute atomic E-state index is 2.31. The molecule has 0 heteroatoms. The molecule has 0 bridgehead atoms. The first-order valence-corrected chi connectivity index (χ1v) is 7.38. The van der Waals surface area contributed by atoms with Gasteiger partial charge in [0.1, 0.15) is 0 Å². The molecule has 0 radical (unpaired) electrons. The highest BCUT2D eigenvalue weighted by molar-refractivity contribution is 5.22. The van der Waals surface area contributed by atoms with E-state index in [0.29, 0.717) is 0 Å². The molecule has 0 aliphatic rings. The predicted molar refractivity (Wildman–Crippen MR) is 79.6 cm³/mol. The molecule has 0 aliphatic heterocycles. The third kappa shape index (κ3) is 8.97. The van der Waals surface area contributed by atoms with Crippen LogP contribution in [0.1, 0.15) is 70.4 Å². The van der Waals surface area contributed by atoms with E-state index in [1.165, 1.54) is 56.1 Å². The minimum absolute atomic E-state index is 1.26. The molecule has 0 spiro atoms. The van der Waals surface area contributed by atoms with Gasteiger partial charge in [0.05, 0.1) is 0 Å². The van der Waals surface area contributed by atoms with Crippen molar-refractivity contribution in [3.8, 4) is 0 Å². The molecule has 0 aromatic heterocycles. The van der Waals surface area contributed by atoms with Crippen molar-refractivity contribution < 1.29 is 0 Å². The third-order valence-electron chi connectivity index (χ3n) is 2.90. The second kappa shape index (κ2) is 11.7. The Labute approximate surface area is 108 Å². The van der Waals surface area contributed by atoms with Crippen LogP contribution in [0.15, 0.2) is 24.3 Å². The van der Waals surface area contributed by atoms with Crippen LogP contribution in [0.2, 0.25) is 0 Å². The van der Waals surface area contributed by atoms with E-state index >= 15 is 0 Å². The number of aryl methyl sites for hydroxylation is 2. The standard InChI is InChI=1S/C15H24.C2H6/c1-3-4-5-6-7-8-11-15-12-9-10-14(2)13-15;1-2/h9-10,12-13H,3-8,11H2,1-2H3;1-2H3. The fraction of sp³-hybridized carbons (Fsp3) is 0.647. The van der Waals surface area contributed by atoms with Crippen molar-refractivity contribution >= 4 is 0 Å². The Morgan fingerprint density at radius 1 is 0.882 bits per heavy atom. The van der Waals surface area contributed by atoms with Gasteiger partial charge in [-0.1, -0.05) is 82.7 Å². The molecular formula is C17H30. The van der Waals surface area contributed by atoms with Crippen molar-refractivity contribution in [2.24, 2.45) is 0 Å². The monoisotopic (exact) mass is 234 g/mol. The van der Waals surface area contributed by atoms with Gasteiger partial charge in [-0.25, -0.2) is 0 Å². The second-order valence-corrected chi connectivity index (χ2v) is 4.51. The maximum Gasteiger partial charge on any atom is -0.0279 e. The van der Waals surface area contributed by atoms with Gasteiger partial charge >= 0.3 is 0 Å². The lowest BCUT2D eigenvalue weighted by Gasteiger charge is -2.02. The summed E-state index contributed by atoms with van der Waals surface area (Å²) < 4.78 is 0. The van der Waals surface area contributed by atoms with E-state index in [2.05, 4.69) is 38.1 Å². The first kappa shape index (κ1) is 16.2. The molecule has 1 aromatic carbocycles. The molecule has 0 unspecified atom stereocenters. The average molecular weight is 234 g/mol. The molecule has 0 nitrogen and oxygen atoms in total. The highest BCUT2D eigenvalue weighted by Crippen LogP contribution is 2.10. The minimum Gasteiger partial charge on any atom is -0.0683 e. The van der Waals surface area contributed by atoms with Crippen molar-refractivity contribution in [3.63, 3.8) is 0 Å². The van der Waals surface area contributed by atoms with E-state index in [-0.39, 0.29) is 0 Å². The minimum atomic E-state index is 1.26. The van der Waals surface area contributed by atoms with Gasteiger partial charge in [-0.05, 0) is 25.3 Å². The zero-order valence-corrected chi connectivity index (χ0v) is 12.3. The highest BCUT2D eigenvalue weighted by atomic mass is 14.0. The summed E-state index contributed by atoms with van der Waals surface area (Å²) in [5, 5.41) is 0. The molecule has 17 heavy (non-hydrogen) atoms. The van der Waals surface area contributed by atoms with Crippen LogP contribution in [0.5, 0.6) is 0 Å². The van der Waals surface area contributed by atoms with Crippen molar-refractivity contribution in [2.75, 3.05) is 0 Å². The Hall–Kier alpha value is -0.780. The fourth-order valence-electron chi connectivity index (χ4n) is 1.98. The number of hydrogen-bond donors (Lipinski definition) is 0. The third-order valence-corrected chi connectivity index (χ3v) is 2.90. The van der Waals surface area contributed by atoms with E-state index in [4.69, 9.17) is 0 Å². The van der Waals surface area contributed by atoms with Crippen LogP contribution >= 0.6 is 0 Å². The second-order valence-electron chi connectivity index (χ2n) is 4.51. The summed E-state index contributed by atoms with van der Waals surface area (Å²) in [6, 6.07) is 8.90. The average Bonchev–Trinajstić information content (AvgIpc) is 2.36. The summed E-state index contributed by atoms with van der Waals surface area (Å²) in [6.07, 6.45) is 9.60. The molecule has 0 saturated carbocycles. The van der Waals surface area contributed by atoms with Gasteiger partial charge in [0, 0.05) is 0 Å². The smallest absolute Gasteiger partial charge is 0.0279 e. The Balaban J connectivity index is 0.00000121. The number of hydrogen-bond acceptors (Lipinski definition) is 0. The molecule has 0 aliphatic carbocycles. The topological polar surface area (TPSA) is 0 Å². The van der Waals surface area contributed by atoms with Gasteiger partial charge in [0.25, 0.3) is 0 Å². The quantitative estimate of drug-likeness (QED) is 0.513. The summed E-state index contributed by atoms with van der Waals surface area (Å²) in [5.74, 6) is 0. The van der Waals surface area contributed by atoms with Crippen molar-refractivity contribution in [1.29, 1.82) is 0 Å². The van der Waals surface area contributed by atoms with Crippen LogP contribution in [0, 0.1) is 6.92 Å². The molecule has 0 N–H and O–H groups in total. The molecule has 0 amide bonds. The summed E-state index contributed by atoms with van der Waals surface area (Å²) >= 11 is 0. The lowest BCUT2D eigenvalue weighted by molar-refractivity contribution is 0.607. The molecule has 0 heterocycles. The Bertz CT molecular complexity index is 262. The summed E-state index contributed by atoms with van der Waals surface area (Å²) in [4.78, 5) is 0. The molecule has 1 rings (SSSR count). The van der Waals surface area contributed by atoms with Crippen LogP contribution in [0.3, 0.4) is 0 Å². The maximum atomic E-state index is 2.31. The number of unbranched alkanes of at least 4 members (excludes halogenated alkanes) is 5. The normalized spacial score (nSPS) is 9.65. The fourth-order valence-corrected chi connectivity index (χ4v) is 1.98. The molecule has 0 saturated heterocycles. The number of benzene rings is 1. The van der Waals surface area contributed by atoms with Crippen LogP contribution in [-0.2, 0) is 6.42 Å². The van der Waals surface area contributed by atoms with Gasteiger partial charge in [-0.15, -0.1) is 0 Å². The Morgan fingerprint density at radius 3 is 2.18 bits per heavy atom. The van der Waals surface area contributed by atoms with Gasteiger partial charge < -0.3 is 0 Å². The lowest BCUT2D eigenvalue weighted by atomic mass is 10.0. The Kier molecular flexibility index (Phi) is 11.2. The van der Waals surface area contributed by atoms with Crippen molar-refractivity contribution in [1.82, 2.24) is 0 Å². The summed E-state index contributed by atoms with van der Waals surface area (Å²) in [6.45, 7) is 8.44. The van der Waals surface area contributed by atoms with Crippen LogP contribution in [-0.4, -0.2) is 0 Å². The molecule has 98 valence electrons. The van der Waals surface area contributed by atoms with Crippen LogP contribution in [0.25, 0.3) is 0 Å². The van der Waals surface area contributed by atoms with E-state index in [0.717, 1.165) is 0 Å². The predicted octanol–water partition coefficient (Wildman–Crippen LogP) is 5.92. The molecule has 0 atom stereocenters. The first-order valence-electron chi connectivity index (χ1n) is 7.38. The van der Waals surface area contributed by atoms with Gasteiger partial charge in [0.15, 0.2) is 0 Å². The molecular weight excluding hydrogens is 204 g/mol. The molecule has 1 aromatic rings. The summed E-state index contributed by atoms with van der Waals surface area (Å²) in [5.41, 5.74) is 2.89. The first-order chi connectivity index (χ1) is 8.33. The van der Waals surface area contributed by atoms with Crippen molar-refractivity contribution in [2.45, 2.75) is 72.6 Å². The SMILES string of the molecule is CC.CCCCCCCCc1cccc(C)c1. The highest BCUT2D eigenvalue weighted by Gasteiger charge is 1.94. The molecule has 0 fully saturated rings. The van der Waals surface area contributed by atoms with Crippen molar-refractivity contribution in [3.05, 3.63) is 35.4 Å². The summed E-state index contributed by atoms with van der Waals surface area (Å²) in [7, 11) is 0. The van der Waals surface area contributed by atoms with Gasteiger partial charge in [-0.2, -0.15) is 0 Å². The van der Waals surface area contributed by atoms with Crippen LogP contribution in [0.4, 0.5) is 0 Å². The van der Waals surface area contributed by atoms with E-state index in [1.54, 1.807) is 0 Å². The number of rotatable bonds is 7.